The Kier molecular flexibility index (Phi) is 2.49. The molecule has 1 aliphatic rings. The topological polar surface area (TPSA) is 29.4 Å². The van der Waals surface area contributed by atoms with Crippen molar-refractivity contribution in [3.05, 3.63) is 35.4 Å². The molecule has 2 nitrogen and oxygen atoms in total. The maximum Gasteiger partial charge on any atom is 0.242 e. The number of rotatable bonds is 0. The number of amides is 1. The van der Waals surface area contributed by atoms with Crippen LogP contribution in [-0.4, -0.2) is 11.6 Å². The first-order valence-electron chi connectivity index (χ1n) is 5.98. The van der Waals surface area contributed by atoms with Gasteiger partial charge in [-0.05, 0) is 5.56 Å². The molecule has 90 valence electrons. The molecule has 1 amide bonds. The van der Waals surface area contributed by atoms with Crippen molar-refractivity contribution < 1.29 is 4.79 Å². The fourth-order valence-corrected chi connectivity index (χ4v) is 2.56. The van der Waals surface area contributed by atoms with E-state index in [1.807, 2.05) is 12.1 Å². The third-order valence-corrected chi connectivity index (χ3v) is 4.28. The molecule has 0 N–H and O–H groups in total. The van der Waals surface area contributed by atoms with Crippen LogP contribution >= 0.6 is 0 Å². The molecule has 0 bridgehead atoms. The van der Waals surface area contributed by atoms with E-state index in [0.717, 1.165) is 11.3 Å². The van der Waals surface area contributed by atoms with Crippen molar-refractivity contribution in [2.75, 3.05) is 0 Å². The summed E-state index contributed by atoms with van der Waals surface area (Å²) in [5.41, 5.74) is 3.20. The SMILES string of the molecule is CC(=O)N=C1c2ccccc2C(C)(C)C1(C)C. The summed E-state index contributed by atoms with van der Waals surface area (Å²) in [6.45, 7) is 10.3. The summed E-state index contributed by atoms with van der Waals surface area (Å²) in [6, 6.07) is 8.26. The lowest BCUT2D eigenvalue weighted by Crippen LogP contribution is -2.36. The van der Waals surface area contributed by atoms with E-state index >= 15 is 0 Å². The minimum Gasteiger partial charge on any atom is -0.273 e. The molecule has 0 atom stereocenters. The summed E-state index contributed by atoms with van der Waals surface area (Å²) in [4.78, 5) is 15.6. The number of carbonyl (C=O) groups excluding carboxylic acids is 1. The Balaban J connectivity index is 2.75. The van der Waals surface area contributed by atoms with Gasteiger partial charge in [-0.3, -0.25) is 4.79 Å². The quantitative estimate of drug-likeness (QED) is 0.671. The van der Waals surface area contributed by atoms with Crippen LogP contribution in [-0.2, 0) is 10.2 Å². The van der Waals surface area contributed by atoms with Crippen LogP contribution < -0.4 is 0 Å². The van der Waals surface area contributed by atoms with Gasteiger partial charge in [-0.25, -0.2) is 4.99 Å². The van der Waals surface area contributed by atoms with E-state index in [9.17, 15) is 4.79 Å². The summed E-state index contributed by atoms with van der Waals surface area (Å²) >= 11 is 0. The first kappa shape index (κ1) is 12.0. The van der Waals surface area contributed by atoms with Crippen LogP contribution in [0.1, 0.15) is 45.7 Å². The lowest BCUT2D eigenvalue weighted by atomic mass is 9.68. The summed E-state index contributed by atoms with van der Waals surface area (Å²) in [5.74, 6) is -0.124. The van der Waals surface area contributed by atoms with Crippen LogP contribution in [0.25, 0.3) is 0 Å². The van der Waals surface area contributed by atoms with Crippen LogP contribution in [0, 0.1) is 5.41 Å². The number of aliphatic imine (C=N–C) groups is 1. The zero-order valence-corrected chi connectivity index (χ0v) is 11.2. The van der Waals surface area contributed by atoms with Crippen molar-refractivity contribution in [3.8, 4) is 0 Å². The number of benzene rings is 1. The van der Waals surface area contributed by atoms with Gasteiger partial charge in [-0.2, -0.15) is 0 Å². The second-order valence-electron chi connectivity index (χ2n) is 5.78. The fourth-order valence-electron chi connectivity index (χ4n) is 2.56. The van der Waals surface area contributed by atoms with E-state index in [1.165, 1.54) is 12.5 Å². The highest BCUT2D eigenvalue weighted by Gasteiger charge is 2.50. The molecule has 0 radical (unpaired) electrons. The molecule has 0 heterocycles. The second kappa shape index (κ2) is 3.52. The average molecular weight is 229 g/mol. The number of carbonyl (C=O) groups is 1. The Morgan fingerprint density at radius 1 is 1.06 bits per heavy atom. The predicted molar refractivity (Wildman–Crippen MR) is 70.5 cm³/mol. The Morgan fingerprint density at radius 3 is 2.24 bits per heavy atom. The zero-order valence-electron chi connectivity index (χ0n) is 11.2. The molecular weight excluding hydrogens is 210 g/mol. The molecule has 0 saturated heterocycles. The third kappa shape index (κ3) is 1.54. The van der Waals surface area contributed by atoms with Gasteiger partial charge in [0.1, 0.15) is 0 Å². The third-order valence-electron chi connectivity index (χ3n) is 4.28. The number of fused-ring (bicyclic) bond motifs is 1. The van der Waals surface area contributed by atoms with Crippen LogP contribution in [0.4, 0.5) is 0 Å². The molecule has 17 heavy (non-hydrogen) atoms. The molecular formula is C15H19NO. The molecule has 0 fully saturated rings. The Bertz CT molecular complexity index is 509. The van der Waals surface area contributed by atoms with E-state index in [-0.39, 0.29) is 16.7 Å². The van der Waals surface area contributed by atoms with Gasteiger partial charge in [-0.1, -0.05) is 52.0 Å². The van der Waals surface area contributed by atoms with Crippen molar-refractivity contribution in [2.45, 2.75) is 40.0 Å². The van der Waals surface area contributed by atoms with E-state index in [0.29, 0.717) is 0 Å². The number of hydrogen-bond acceptors (Lipinski definition) is 1. The van der Waals surface area contributed by atoms with Gasteiger partial charge < -0.3 is 0 Å². The highest BCUT2D eigenvalue weighted by molar-refractivity contribution is 6.13. The predicted octanol–water partition coefficient (Wildman–Crippen LogP) is 3.34. The average Bonchev–Trinajstić information content (AvgIpc) is 2.38. The van der Waals surface area contributed by atoms with Crippen molar-refractivity contribution >= 4 is 11.6 Å². The standard InChI is InChI=1S/C15H19NO/c1-10(17)16-13-11-8-6-7-9-12(11)14(2,3)15(13,4)5/h6-9H,1-5H3. The highest BCUT2D eigenvalue weighted by atomic mass is 16.1. The minimum absolute atomic E-state index is 0.00211. The smallest absolute Gasteiger partial charge is 0.242 e. The lowest BCUT2D eigenvalue weighted by molar-refractivity contribution is -0.115. The van der Waals surface area contributed by atoms with Crippen molar-refractivity contribution in [2.24, 2.45) is 10.4 Å². The monoisotopic (exact) mass is 229 g/mol. The molecule has 1 aliphatic carbocycles. The first-order chi connectivity index (χ1) is 7.78. The minimum atomic E-state index is -0.124. The van der Waals surface area contributed by atoms with Crippen LogP contribution in [0.2, 0.25) is 0 Å². The van der Waals surface area contributed by atoms with Gasteiger partial charge >= 0.3 is 0 Å². The van der Waals surface area contributed by atoms with Gasteiger partial charge in [0.05, 0.1) is 5.71 Å². The normalized spacial score (nSPS) is 22.5. The van der Waals surface area contributed by atoms with Crippen LogP contribution in [0.5, 0.6) is 0 Å². The maximum absolute atomic E-state index is 11.3. The molecule has 1 aromatic rings. The van der Waals surface area contributed by atoms with Crippen LogP contribution in [0.15, 0.2) is 29.3 Å². The molecule has 0 aromatic heterocycles. The van der Waals surface area contributed by atoms with E-state index < -0.39 is 0 Å². The van der Waals surface area contributed by atoms with Crippen molar-refractivity contribution in [1.29, 1.82) is 0 Å². The molecule has 0 spiro atoms. The molecule has 1 aromatic carbocycles. The maximum atomic E-state index is 11.3. The highest BCUT2D eigenvalue weighted by Crippen LogP contribution is 2.51. The zero-order chi connectivity index (χ0) is 12.8. The molecule has 0 saturated carbocycles. The molecule has 0 unspecified atom stereocenters. The number of hydrogen-bond donors (Lipinski definition) is 0. The van der Waals surface area contributed by atoms with Gasteiger partial charge in [0.25, 0.3) is 0 Å². The van der Waals surface area contributed by atoms with Gasteiger partial charge in [0.2, 0.25) is 5.91 Å². The fraction of sp³-hybridized carbons (Fsp3) is 0.467. The van der Waals surface area contributed by atoms with Crippen molar-refractivity contribution in [1.82, 2.24) is 0 Å². The van der Waals surface area contributed by atoms with Crippen molar-refractivity contribution in [3.63, 3.8) is 0 Å². The Hall–Kier alpha value is -1.44. The van der Waals surface area contributed by atoms with E-state index in [2.05, 4.69) is 44.8 Å². The van der Waals surface area contributed by atoms with Gasteiger partial charge in [-0.15, -0.1) is 0 Å². The van der Waals surface area contributed by atoms with Gasteiger partial charge in [0, 0.05) is 23.3 Å². The summed E-state index contributed by atoms with van der Waals surface area (Å²) in [5, 5.41) is 0. The largest absolute Gasteiger partial charge is 0.273 e. The van der Waals surface area contributed by atoms with Crippen LogP contribution in [0.3, 0.4) is 0 Å². The summed E-state index contributed by atoms with van der Waals surface area (Å²) in [6.07, 6.45) is 0. The molecule has 2 rings (SSSR count). The summed E-state index contributed by atoms with van der Waals surface area (Å²) < 4.78 is 0. The second-order valence-corrected chi connectivity index (χ2v) is 5.78. The van der Waals surface area contributed by atoms with Gasteiger partial charge in [0.15, 0.2) is 0 Å². The summed E-state index contributed by atoms with van der Waals surface area (Å²) in [7, 11) is 0. The molecule has 2 heteroatoms. The number of nitrogens with zero attached hydrogens (tertiary/aromatic N) is 1. The van der Waals surface area contributed by atoms with E-state index in [1.54, 1.807) is 0 Å². The Morgan fingerprint density at radius 2 is 1.65 bits per heavy atom. The first-order valence-corrected chi connectivity index (χ1v) is 5.98. The lowest BCUT2D eigenvalue weighted by Gasteiger charge is -2.35. The Labute approximate surface area is 103 Å². The van der Waals surface area contributed by atoms with E-state index in [4.69, 9.17) is 0 Å². The molecule has 0 aliphatic heterocycles.